The van der Waals surface area contributed by atoms with Crippen molar-refractivity contribution in [2.24, 2.45) is 5.10 Å². The molecule has 0 aliphatic carbocycles. The lowest BCUT2D eigenvalue weighted by molar-refractivity contribution is -0.0915. The molecule has 17 heavy (non-hydrogen) atoms. The lowest BCUT2D eigenvalue weighted by Crippen LogP contribution is -2.51. The Morgan fingerprint density at radius 1 is 1.24 bits per heavy atom. The smallest absolute Gasteiger partial charge is 0.260 e. The van der Waals surface area contributed by atoms with E-state index in [9.17, 15) is 5.11 Å². The Morgan fingerprint density at radius 3 is 2.88 bits per heavy atom. The van der Waals surface area contributed by atoms with Gasteiger partial charge < -0.3 is 10.0 Å². The van der Waals surface area contributed by atoms with Gasteiger partial charge in [-0.1, -0.05) is 6.42 Å². The summed E-state index contributed by atoms with van der Waals surface area (Å²) >= 11 is 0. The minimum absolute atomic E-state index is 0.785. The summed E-state index contributed by atoms with van der Waals surface area (Å²) in [6, 6.07) is 3.63. The zero-order valence-electron chi connectivity index (χ0n) is 9.63. The number of amidine groups is 1. The van der Waals surface area contributed by atoms with Gasteiger partial charge in [-0.15, -0.1) is 0 Å². The number of aliphatic hydroxyl groups is 1. The topological polar surface area (TPSA) is 60.8 Å². The molecule has 3 rings (SSSR count). The first kappa shape index (κ1) is 10.5. The van der Waals surface area contributed by atoms with Crippen LogP contribution in [0.5, 0.6) is 0 Å². The normalized spacial score (nSPS) is 28.1. The van der Waals surface area contributed by atoms with E-state index in [1.165, 1.54) is 6.42 Å². The van der Waals surface area contributed by atoms with E-state index >= 15 is 0 Å². The fourth-order valence-electron chi connectivity index (χ4n) is 2.47. The second-order valence-corrected chi connectivity index (χ2v) is 4.51. The van der Waals surface area contributed by atoms with E-state index in [2.05, 4.69) is 15.5 Å². The molecule has 0 amide bonds. The highest BCUT2D eigenvalue weighted by Gasteiger charge is 2.42. The standard InChI is InChI=1S/C12H16N4O/c17-12(10-5-7-13-8-6-10)15-14-11-4-2-1-3-9-16(11)12/h5-8,15,17H,1-4,9H2/t12-/m1/s1. The van der Waals surface area contributed by atoms with E-state index in [0.717, 1.165) is 37.2 Å². The molecule has 0 unspecified atom stereocenters. The Balaban J connectivity index is 1.94. The zero-order valence-corrected chi connectivity index (χ0v) is 9.63. The Labute approximate surface area is 100 Å². The summed E-state index contributed by atoms with van der Waals surface area (Å²) in [5, 5.41) is 15.0. The second-order valence-electron chi connectivity index (χ2n) is 4.51. The van der Waals surface area contributed by atoms with Crippen molar-refractivity contribution >= 4 is 5.84 Å². The second kappa shape index (κ2) is 4.00. The molecule has 3 heterocycles. The van der Waals surface area contributed by atoms with Gasteiger partial charge >= 0.3 is 0 Å². The van der Waals surface area contributed by atoms with Crippen molar-refractivity contribution in [3.63, 3.8) is 0 Å². The van der Waals surface area contributed by atoms with Gasteiger partial charge in [0.1, 0.15) is 5.84 Å². The van der Waals surface area contributed by atoms with Gasteiger partial charge in [-0.2, -0.15) is 5.10 Å². The number of rotatable bonds is 1. The van der Waals surface area contributed by atoms with Gasteiger partial charge in [0.05, 0.1) is 0 Å². The molecule has 2 aliphatic rings. The van der Waals surface area contributed by atoms with Gasteiger partial charge in [-0.25, -0.2) is 0 Å². The summed E-state index contributed by atoms with van der Waals surface area (Å²) in [5.41, 5.74) is 3.65. The molecule has 90 valence electrons. The van der Waals surface area contributed by atoms with Crippen LogP contribution < -0.4 is 5.43 Å². The molecule has 0 saturated carbocycles. The summed E-state index contributed by atoms with van der Waals surface area (Å²) < 4.78 is 0. The van der Waals surface area contributed by atoms with Crippen molar-refractivity contribution in [1.82, 2.24) is 15.3 Å². The Hall–Kier alpha value is -1.62. The Kier molecular flexibility index (Phi) is 2.48. The van der Waals surface area contributed by atoms with Crippen molar-refractivity contribution in [3.05, 3.63) is 30.1 Å². The first-order valence-corrected chi connectivity index (χ1v) is 6.05. The van der Waals surface area contributed by atoms with E-state index in [0.29, 0.717) is 0 Å². The van der Waals surface area contributed by atoms with Crippen LogP contribution in [0.2, 0.25) is 0 Å². The quantitative estimate of drug-likeness (QED) is 0.757. The number of aromatic nitrogens is 1. The maximum Gasteiger partial charge on any atom is 0.260 e. The lowest BCUT2D eigenvalue weighted by Gasteiger charge is -2.34. The molecule has 0 aromatic carbocycles. The Bertz CT molecular complexity index is 433. The largest absolute Gasteiger partial charge is 0.349 e. The van der Waals surface area contributed by atoms with Gasteiger partial charge in [-0.3, -0.25) is 10.4 Å². The first-order valence-electron chi connectivity index (χ1n) is 6.05. The molecule has 5 nitrogen and oxygen atoms in total. The highest BCUT2D eigenvalue weighted by molar-refractivity contribution is 5.84. The van der Waals surface area contributed by atoms with Crippen LogP contribution in [-0.2, 0) is 5.85 Å². The molecule has 0 radical (unpaired) electrons. The Morgan fingerprint density at radius 2 is 2.06 bits per heavy atom. The third-order valence-corrected chi connectivity index (χ3v) is 3.41. The molecule has 1 atom stereocenters. The highest BCUT2D eigenvalue weighted by atomic mass is 16.3. The molecule has 0 bridgehead atoms. The number of hydrogen-bond donors (Lipinski definition) is 2. The number of fused-ring (bicyclic) bond motifs is 1. The fraction of sp³-hybridized carbons (Fsp3) is 0.500. The van der Waals surface area contributed by atoms with Crippen LogP contribution in [-0.4, -0.2) is 27.4 Å². The lowest BCUT2D eigenvalue weighted by atomic mass is 10.1. The van der Waals surface area contributed by atoms with Crippen molar-refractivity contribution in [3.8, 4) is 0 Å². The monoisotopic (exact) mass is 232 g/mol. The van der Waals surface area contributed by atoms with E-state index in [4.69, 9.17) is 0 Å². The molecule has 1 aromatic heterocycles. The fourth-order valence-corrected chi connectivity index (χ4v) is 2.47. The molecule has 1 aromatic rings. The molecule has 1 fully saturated rings. The van der Waals surface area contributed by atoms with E-state index in [1.54, 1.807) is 12.4 Å². The van der Waals surface area contributed by atoms with Crippen LogP contribution >= 0.6 is 0 Å². The number of hydrazone groups is 1. The molecule has 5 heteroatoms. The molecule has 0 spiro atoms. The number of pyridine rings is 1. The third kappa shape index (κ3) is 1.67. The summed E-state index contributed by atoms with van der Waals surface area (Å²) in [6.45, 7) is 0.838. The summed E-state index contributed by atoms with van der Waals surface area (Å²) in [5.74, 6) is -0.232. The predicted molar refractivity (Wildman–Crippen MR) is 63.9 cm³/mol. The van der Waals surface area contributed by atoms with Gasteiger partial charge in [0.2, 0.25) is 0 Å². The third-order valence-electron chi connectivity index (χ3n) is 3.41. The summed E-state index contributed by atoms with van der Waals surface area (Å²) in [6.07, 6.45) is 7.73. The van der Waals surface area contributed by atoms with Crippen LogP contribution in [0.15, 0.2) is 29.6 Å². The van der Waals surface area contributed by atoms with Crippen LogP contribution in [0.1, 0.15) is 31.2 Å². The minimum atomic E-state index is -1.19. The van der Waals surface area contributed by atoms with Crippen molar-refractivity contribution in [2.75, 3.05) is 6.54 Å². The van der Waals surface area contributed by atoms with Crippen molar-refractivity contribution < 1.29 is 5.11 Å². The maximum atomic E-state index is 10.8. The maximum absolute atomic E-state index is 10.8. The van der Waals surface area contributed by atoms with Crippen molar-refractivity contribution in [1.29, 1.82) is 0 Å². The van der Waals surface area contributed by atoms with Crippen LogP contribution in [0, 0.1) is 0 Å². The van der Waals surface area contributed by atoms with E-state index in [1.807, 2.05) is 17.0 Å². The van der Waals surface area contributed by atoms with Crippen LogP contribution in [0.4, 0.5) is 0 Å². The number of nitrogens with zero attached hydrogens (tertiary/aromatic N) is 3. The van der Waals surface area contributed by atoms with Gasteiger partial charge in [-0.05, 0) is 25.0 Å². The predicted octanol–water partition coefficient (Wildman–Crippen LogP) is 0.977. The first-order chi connectivity index (χ1) is 8.31. The van der Waals surface area contributed by atoms with Crippen LogP contribution in [0.3, 0.4) is 0 Å². The van der Waals surface area contributed by atoms with Gasteiger partial charge in [0.15, 0.2) is 0 Å². The number of nitrogens with one attached hydrogen (secondary N) is 1. The molecular formula is C12H16N4O. The average Bonchev–Trinajstić information content (AvgIpc) is 2.57. The van der Waals surface area contributed by atoms with E-state index in [-0.39, 0.29) is 0 Å². The van der Waals surface area contributed by atoms with Crippen molar-refractivity contribution in [2.45, 2.75) is 31.5 Å². The zero-order chi connectivity index (χ0) is 11.7. The molecule has 2 N–H and O–H groups in total. The van der Waals surface area contributed by atoms with E-state index < -0.39 is 5.85 Å². The minimum Gasteiger partial charge on any atom is -0.349 e. The van der Waals surface area contributed by atoms with Gasteiger partial charge in [0, 0.05) is 30.9 Å². The summed E-state index contributed by atoms with van der Waals surface area (Å²) in [4.78, 5) is 5.94. The number of hydrogen-bond acceptors (Lipinski definition) is 5. The SMILES string of the molecule is O[C@]1(c2ccncc2)NN=C2CCCCCN21. The summed E-state index contributed by atoms with van der Waals surface area (Å²) in [7, 11) is 0. The highest BCUT2D eigenvalue weighted by Crippen LogP contribution is 2.30. The molecular weight excluding hydrogens is 216 g/mol. The molecule has 1 saturated heterocycles. The van der Waals surface area contributed by atoms with Crippen LogP contribution in [0.25, 0.3) is 0 Å². The average molecular weight is 232 g/mol. The van der Waals surface area contributed by atoms with Gasteiger partial charge in [0.25, 0.3) is 5.85 Å². The molecule has 2 aliphatic heterocycles.